The van der Waals surface area contributed by atoms with Gasteiger partial charge in [-0.25, -0.2) is 8.42 Å². The number of ether oxygens (including phenoxy) is 2. The van der Waals surface area contributed by atoms with Crippen molar-refractivity contribution in [2.24, 2.45) is 0 Å². The molecule has 0 atom stereocenters. The molecule has 0 saturated heterocycles. The largest absolute Gasteiger partial charge is 0.493 e. The van der Waals surface area contributed by atoms with Gasteiger partial charge in [0.05, 0.1) is 24.8 Å². The molecule has 2 aromatic heterocycles. The third-order valence-electron chi connectivity index (χ3n) is 4.24. The normalized spacial score (nSPS) is 11.4. The second-order valence-corrected chi connectivity index (χ2v) is 7.74. The number of methoxy groups -OCH3 is 2. The van der Waals surface area contributed by atoms with Crippen LogP contribution < -0.4 is 14.2 Å². The van der Waals surface area contributed by atoms with E-state index in [4.69, 9.17) is 9.47 Å². The maximum Gasteiger partial charge on any atom is 0.262 e. The summed E-state index contributed by atoms with van der Waals surface area (Å²) in [5.74, 6) is 0.777. The highest BCUT2D eigenvalue weighted by Crippen LogP contribution is 2.30. The lowest BCUT2D eigenvalue weighted by Crippen LogP contribution is -2.13. The van der Waals surface area contributed by atoms with Crippen molar-refractivity contribution in [3.8, 4) is 22.8 Å². The number of rotatable bonds is 6. The predicted molar refractivity (Wildman–Crippen MR) is 107 cm³/mol. The van der Waals surface area contributed by atoms with E-state index >= 15 is 0 Å². The summed E-state index contributed by atoms with van der Waals surface area (Å²) in [7, 11) is -0.890. The van der Waals surface area contributed by atoms with Crippen molar-refractivity contribution >= 4 is 21.4 Å². The fraction of sp³-hybridized carbons (Fsp3) is 0.105. The minimum Gasteiger partial charge on any atom is -0.493 e. The molecule has 0 unspecified atom stereocenters. The molecule has 1 N–H and O–H groups in total. The zero-order valence-corrected chi connectivity index (χ0v) is 16.4. The number of sulfonamides is 1. The van der Waals surface area contributed by atoms with Crippen molar-refractivity contribution in [2.75, 3.05) is 18.9 Å². The molecule has 0 aliphatic carbocycles. The topological polar surface area (TPSA) is 108 Å². The van der Waals surface area contributed by atoms with Gasteiger partial charge in [0, 0.05) is 17.3 Å². The van der Waals surface area contributed by atoms with E-state index in [0.29, 0.717) is 28.5 Å². The molecular formula is C19H17N5O4S. The van der Waals surface area contributed by atoms with Crippen LogP contribution in [0.4, 0.5) is 5.69 Å². The number of anilines is 1. The van der Waals surface area contributed by atoms with Crippen LogP contribution in [0.3, 0.4) is 0 Å². The average molecular weight is 411 g/mol. The third kappa shape index (κ3) is 3.69. The van der Waals surface area contributed by atoms with Gasteiger partial charge in [0.1, 0.15) is 6.33 Å². The molecule has 148 valence electrons. The zero-order valence-electron chi connectivity index (χ0n) is 15.6. The second-order valence-electron chi connectivity index (χ2n) is 6.06. The van der Waals surface area contributed by atoms with Crippen LogP contribution in [0.25, 0.3) is 16.9 Å². The molecule has 0 spiro atoms. The maximum absolute atomic E-state index is 12.8. The lowest BCUT2D eigenvalue weighted by atomic mass is 10.1. The summed E-state index contributed by atoms with van der Waals surface area (Å²) in [5.41, 5.74) is 2.43. The van der Waals surface area contributed by atoms with E-state index in [0.717, 1.165) is 5.56 Å². The van der Waals surface area contributed by atoms with Crippen molar-refractivity contribution in [1.82, 2.24) is 19.8 Å². The van der Waals surface area contributed by atoms with Crippen molar-refractivity contribution in [3.63, 3.8) is 0 Å². The Balaban J connectivity index is 1.65. The van der Waals surface area contributed by atoms with Crippen LogP contribution in [0.5, 0.6) is 11.5 Å². The van der Waals surface area contributed by atoms with Gasteiger partial charge in [-0.1, -0.05) is 12.1 Å². The maximum atomic E-state index is 12.8. The van der Waals surface area contributed by atoms with Crippen LogP contribution in [0.1, 0.15) is 0 Å². The molecule has 0 fully saturated rings. The van der Waals surface area contributed by atoms with Gasteiger partial charge in [-0.05, 0) is 36.4 Å². The highest BCUT2D eigenvalue weighted by molar-refractivity contribution is 7.92. The molecule has 4 aromatic rings. The Labute approximate surface area is 167 Å². The SMILES string of the molecule is COc1ccc(S(=O)(=O)Nc2cccc(-c3ccc4nncn4n3)c2)cc1OC. The van der Waals surface area contributed by atoms with Crippen molar-refractivity contribution in [1.29, 1.82) is 0 Å². The first kappa shape index (κ1) is 18.7. The highest BCUT2D eigenvalue weighted by Gasteiger charge is 2.17. The minimum absolute atomic E-state index is 0.0598. The molecule has 2 aromatic carbocycles. The fourth-order valence-electron chi connectivity index (χ4n) is 2.82. The first-order chi connectivity index (χ1) is 14.0. The molecule has 0 radical (unpaired) electrons. The summed E-state index contributed by atoms with van der Waals surface area (Å²) >= 11 is 0. The fourth-order valence-corrected chi connectivity index (χ4v) is 3.89. The monoisotopic (exact) mass is 411 g/mol. The Morgan fingerprint density at radius 2 is 1.79 bits per heavy atom. The Bertz CT molecular complexity index is 1290. The zero-order chi connectivity index (χ0) is 20.4. The van der Waals surface area contributed by atoms with Crippen LogP contribution >= 0.6 is 0 Å². The Hall–Kier alpha value is -3.66. The molecule has 0 aliphatic rings. The number of fused-ring (bicyclic) bond motifs is 1. The van der Waals surface area contributed by atoms with Crippen LogP contribution in [0.2, 0.25) is 0 Å². The number of nitrogens with one attached hydrogen (secondary N) is 1. The van der Waals surface area contributed by atoms with E-state index in [1.54, 1.807) is 40.9 Å². The Kier molecular flexibility index (Phi) is 4.77. The second kappa shape index (κ2) is 7.40. The van der Waals surface area contributed by atoms with Gasteiger partial charge in [-0.15, -0.1) is 10.2 Å². The number of hydrogen-bond acceptors (Lipinski definition) is 7. The lowest BCUT2D eigenvalue weighted by Gasteiger charge is -2.12. The van der Waals surface area contributed by atoms with E-state index in [-0.39, 0.29) is 4.90 Å². The first-order valence-electron chi connectivity index (χ1n) is 8.52. The highest BCUT2D eigenvalue weighted by atomic mass is 32.2. The molecule has 0 bridgehead atoms. The Morgan fingerprint density at radius 3 is 2.59 bits per heavy atom. The van der Waals surface area contributed by atoms with Gasteiger partial charge in [0.2, 0.25) is 0 Å². The molecule has 2 heterocycles. The standard InChI is InChI=1S/C19H17N5O4S/c1-27-17-8-6-15(11-18(17)28-2)29(25,26)23-14-5-3-4-13(10-14)16-7-9-19-21-20-12-24(19)22-16/h3-12,23H,1-2H3. The summed E-state index contributed by atoms with van der Waals surface area (Å²) in [4.78, 5) is 0.0598. The van der Waals surface area contributed by atoms with Gasteiger partial charge < -0.3 is 9.47 Å². The number of nitrogens with zero attached hydrogens (tertiary/aromatic N) is 4. The molecule has 29 heavy (non-hydrogen) atoms. The summed E-state index contributed by atoms with van der Waals surface area (Å²) in [6.07, 6.45) is 1.50. The van der Waals surface area contributed by atoms with Gasteiger partial charge in [0.25, 0.3) is 10.0 Å². The van der Waals surface area contributed by atoms with Crippen LogP contribution in [0.15, 0.2) is 65.8 Å². The van der Waals surface area contributed by atoms with Crippen LogP contribution in [0, 0.1) is 0 Å². The molecule has 0 saturated carbocycles. The van der Waals surface area contributed by atoms with Crippen LogP contribution in [-0.2, 0) is 10.0 Å². The van der Waals surface area contributed by atoms with E-state index in [9.17, 15) is 8.42 Å². The quantitative estimate of drug-likeness (QED) is 0.520. The van der Waals surface area contributed by atoms with E-state index in [1.807, 2.05) is 6.07 Å². The minimum atomic E-state index is -3.83. The van der Waals surface area contributed by atoms with Gasteiger partial charge in [-0.3, -0.25) is 4.72 Å². The summed E-state index contributed by atoms with van der Waals surface area (Å²) in [6, 6.07) is 15.0. The van der Waals surface area contributed by atoms with Crippen molar-refractivity contribution < 1.29 is 17.9 Å². The van der Waals surface area contributed by atoms with Crippen molar-refractivity contribution in [3.05, 3.63) is 60.9 Å². The molecule has 0 aliphatic heterocycles. The summed E-state index contributed by atoms with van der Waals surface area (Å²) in [5, 5.41) is 12.1. The third-order valence-corrected chi connectivity index (χ3v) is 5.62. The smallest absolute Gasteiger partial charge is 0.262 e. The molecular weight excluding hydrogens is 394 g/mol. The van der Waals surface area contributed by atoms with Gasteiger partial charge in [0.15, 0.2) is 17.1 Å². The number of hydrogen-bond donors (Lipinski definition) is 1. The number of benzene rings is 2. The summed E-state index contributed by atoms with van der Waals surface area (Å²) in [6.45, 7) is 0. The summed E-state index contributed by atoms with van der Waals surface area (Å²) < 4.78 is 40.1. The molecule has 0 amide bonds. The van der Waals surface area contributed by atoms with E-state index in [1.165, 1.54) is 32.7 Å². The van der Waals surface area contributed by atoms with E-state index in [2.05, 4.69) is 20.0 Å². The van der Waals surface area contributed by atoms with Gasteiger partial charge in [-0.2, -0.15) is 9.61 Å². The van der Waals surface area contributed by atoms with Crippen molar-refractivity contribution in [2.45, 2.75) is 4.90 Å². The first-order valence-corrected chi connectivity index (χ1v) is 10.0. The molecule has 9 nitrogen and oxygen atoms in total. The lowest BCUT2D eigenvalue weighted by molar-refractivity contribution is 0.354. The Morgan fingerprint density at radius 1 is 0.966 bits per heavy atom. The number of aromatic nitrogens is 4. The average Bonchev–Trinajstić information content (AvgIpc) is 3.21. The molecule has 10 heteroatoms. The van der Waals surface area contributed by atoms with Crippen LogP contribution in [-0.4, -0.2) is 42.4 Å². The van der Waals surface area contributed by atoms with Gasteiger partial charge >= 0.3 is 0 Å². The van der Waals surface area contributed by atoms with E-state index < -0.39 is 10.0 Å². The predicted octanol–water partition coefficient (Wildman–Crippen LogP) is 2.61. The molecule has 4 rings (SSSR count).